The van der Waals surface area contributed by atoms with Gasteiger partial charge in [0.25, 0.3) is 0 Å². The highest BCUT2D eigenvalue weighted by atomic mass is 16.2. The molecule has 4 nitrogen and oxygen atoms in total. The third kappa shape index (κ3) is 3.63. The SMILES string of the molecule is O=C(Cc1ccccc1)NNC(=O)C[C@@H]1C[C@H]2CC[C@H]1C2. The van der Waals surface area contributed by atoms with Crippen LogP contribution in [-0.2, 0) is 16.0 Å². The molecule has 0 aromatic heterocycles. The summed E-state index contributed by atoms with van der Waals surface area (Å²) in [5.74, 6) is 1.87. The minimum atomic E-state index is -0.178. The fourth-order valence-electron chi connectivity index (χ4n) is 3.88. The van der Waals surface area contributed by atoms with E-state index in [1.54, 1.807) is 0 Å². The van der Waals surface area contributed by atoms with Crippen molar-refractivity contribution >= 4 is 11.8 Å². The smallest absolute Gasteiger partial charge is 0.242 e. The lowest BCUT2D eigenvalue weighted by Crippen LogP contribution is -2.43. The van der Waals surface area contributed by atoms with Crippen LogP contribution >= 0.6 is 0 Å². The van der Waals surface area contributed by atoms with Crippen molar-refractivity contribution in [3.05, 3.63) is 35.9 Å². The molecule has 0 unspecified atom stereocenters. The molecule has 0 spiro atoms. The van der Waals surface area contributed by atoms with Crippen molar-refractivity contribution in [3.63, 3.8) is 0 Å². The van der Waals surface area contributed by atoms with Gasteiger partial charge in [-0.15, -0.1) is 0 Å². The summed E-state index contributed by atoms with van der Waals surface area (Å²) in [7, 11) is 0. The van der Waals surface area contributed by atoms with Gasteiger partial charge in [0, 0.05) is 6.42 Å². The average Bonchev–Trinajstić information content (AvgIpc) is 3.09. The number of hydrogen-bond acceptors (Lipinski definition) is 2. The third-order valence-electron chi connectivity index (χ3n) is 4.88. The topological polar surface area (TPSA) is 58.2 Å². The Hall–Kier alpha value is -1.84. The summed E-state index contributed by atoms with van der Waals surface area (Å²) < 4.78 is 0. The molecule has 1 aromatic carbocycles. The number of carbonyl (C=O) groups excluding carboxylic acids is 2. The van der Waals surface area contributed by atoms with Crippen LogP contribution in [0.5, 0.6) is 0 Å². The van der Waals surface area contributed by atoms with E-state index in [-0.39, 0.29) is 18.2 Å². The molecule has 0 aliphatic heterocycles. The minimum absolute atomic E-state index is 0.0611. The van der Waals surface area contributed by atoms with E-state index in [1.165, 1.54) is 25.7 Å². The van der Waals surface area contributed by atoms with Gasteiger partial charge in [-0.1, -0.05) is 36.8 Å². The molecule has 0 heterocycles. The summed E-state index contributed by atoms with van der Waals surface area (Å²) >= 11 is 0. The molecule has 3 atom stereocenters. The van der Waals surface area contributed by atoms with Crippen LogP contribution in [0.3, 0.4) is 0 Å². The van der Waals surface area contributed by atoms with Gasteiger partial charge >= 0.3 is 0 Å². The zero-order valence-corrected chi connectivity index (χ0v) is 12.2. The summed E-state index contributed by atoms with van der Waals surface area (Å²) in [6, 6.07) is 9.51. The number of nitrogens with one attached hydrogen (secondary N) is 2. The predicted octanol–water partition coefficient (Wildman–Crippen LogP) is 2.20. The fraction of sp³-hybridized carbons (Fsp3) is 0.529. The van der Waals surface area contributed by atoms with Crippen LogP contribution in [0, 0.1) is 17.8 Å². The Morgan fingerprint density at radius 2 is 1.76 bits per heavy atom. The van der Waals surface area contributed by atoms with Crippen LogP contribution in [0.4, 0.5) is 0 Å². The summed E-state index contributed by atoms with van der Waals surface area (Å²) in [6.45, 7) is 0. The number of rotatable bonds is 4. The first-order valence-corrected chi connectivity index (χ1v) is 7.82. The van der Waals surface area contributed by atoms with Crippen molar-refractivity contribution in [1.82, 2.24) is 10.9 Å². The molecule has 2 bridgehead atoms. The van der Waals surface area contributed by atoms with Crippen LogP contribution < -0.4 is 10.9 Å². The Morgan fingerprint density at radius 3 is 2.43 bits per heavy atom. The highest BCUT2D eigenvalue weighted by Crippen LogP contribution is 2.49. The molecule has 2 N–H and O–H groups in total. The standard InChI is InChI=1S/C17H22N2O2/c20-16(10-12-4-2-1-3-5-12)18-19-17(21)11-15-9-13-6-7-14(15)8-13/h1-5,13-15H,6-11H2,(H,18,20)(H,19,21)/t13-,14-,15-/m0/s1. The Kier molecular flexibility index (Phi) is 4.23. The second kappa shape index (κ2) is 6.29. The maximum atomic E-state index is 11.9. The zero-order chi connectivity index (χ0) is 14.7. The lowest BCUT2D eigenvalue weighted by Gasteiger charge is -2.20. The summed E-state index contributed by atoms with van der Waals surface area (Å²) in [4.78, 5) is 23.7. The quantitative estimate of drug-likeness (QED) is 0.834. The lowest BCUT2D eigenvalue weighted by molar-refractivity contribution is -0.129. The lowest BCUT2D eigenvalue weighted by atomic mass is 9.86. The molecule has 2 fully saturated rings. The number of carbonyl (C=O) groups is 2. The van der Waals surface area contributed by atoms with Gasteiger partial charge < -0.3 is 0 Å². The third-order valence-corrected chi connectivity index (χ3v) is 4.88. The van der Waals surface area contributed by atoms with Crippen molar-refractivity contribution in [3.8, 4) is 0 Å². The van der Waals surface area contributed by atoms with E-state index in [0.717, 1.165) is 17.4 Å². The molecule has 3 rings (SSSR count). The van der Waals surface area contributed by atoms with Gasteiger partial charge in [-0.2, -0.15) is 0 Å². The van der Waals surface area contributed by atoms with Crippen LogP contribution in [-0.4, -0.2) is 11.8 Å². The van der Waals surface area contributed by atoms with E-state index in [9.17, 15) is 9.59 Å². The van der Waals surface area contributed by atoms with E-state index in [0.29, 0.717) is 12.3 Å². The number of fused-ring (bicyclic) bond motifs is 2. The first-order chi connectivity index (χ1) is 10.2. The van der Waals surface area contributed by atoms with Crippen LogP contribution in [0.2, 0.25) is 0 Å². The zero-order valence-electron chi connectivity index (χ0n) is 12.2. The molecular formula is C17H22N2O2. The highest BCUT2D eigenvalue weighted by Gasteiger charge is 2.40. The van der Waals surface area contributed by atoms with Crippen molar-refractivity contribution in [2.24, 2.45) is 17.8 Å². The number of amides is 2. The van der Waals surface area contributed by atoms with Crippen molar-refractivity contribution in [1.29, 1.82) is 0 Å². The predicted molar refractivity (Wildman–Crippen MR) is 80.0 cm³/mol. The van der Waals surface area contributed by atoms with Crippen LogP contribution in [0.1, 0.15) is 37.7 Å². The van der Waals surface area contributed by atoms with Gasteiger partial charge in [-0.25, -0.2) is 0 Å². The van der Waals surface area contributed by atoms with Crippen molar-refractivity contribution in [2.75, 3.05) is 0 Å². The maximum absolute atomic E-state index is 11.9. The normalized spacial score (nSPS) is 26.6. The molecule has 112 valence electrons. The largest absolute Gasteiger partial charge is 0.273 e. The first-order valence-electron chi connectivity index (χ1n) is 7.82. The van der Waals surface area contributed by atoms with E-state index >= 15 is 0 Å². The Balaban J connectivity index is 1.38. The van der Waals surface area contributed by atoms with Crippen LogP contribution in [0.25, 0.3) is 0 Å². The summed E-state index contributed by atoms with van der Waals surface area (Å²) in [6.07, 6.45) is 5.95. The molecule has 1 aromatic rings. The maximum Gasteiger partial charge on any atom is 0.242 e. The number of hydrazine groups is 1. The summed E-state index contributed by atoms with van der Waals surface area (Å²) in [5.41, 5.74) is 6.00. The van der Waals surface area contributed by atoms with Gasteiger partial charge in [0.15, 0.2) is 0 Å². The molecule has 0 radical (unpaired) electrons. The van der Waals surface area contributed by atoms with E-state index in [2.05, 4.69) is 10.9 Å². The second-order valence-electron chi connectivity index (χ2n) is 6.40. The Bertz CT molecular complexity index is 515. The molecule has 4 heteroatoms. The van der Waals surface area contributed by atoms with E-state index in [4.69, 9.17) is 0 Å². The minimum Gasteiger partial charge on any atom is -0.273 e. The van der Waals surface area contributed by atoms with Gasteiger partial charge in [0.1, 0.15) is 0 Å². The summed E-state index contributed by atoms with van der Waals surface area (Å²) in [5, 5.41) is 0. The average molecular weight is 286 g/mol. The van der Waals surface area contributed by atoms with Gasteiger partial charge in [-0.3, -0.25) is 20.4 Å². The molecule has 2 aliphatic rings. The van der Waals surface area contributed by atoms with Crippen molar-refractivity contribution in [2.45, 2.75) is 38.5 Å². The Labute approximate surface area is 125 Å². The second-order valence-corrected chi connectivity index (χ2v) is 6.40. The van der Waals surface area contributed by atoms with Gasteiger partial charge in [0.2, 0.25) is 11.8 Å². The molecule has 2 saturated carbocycles. The van der Waals surface area contributed by atoms with Gasteiger partial charge in [-0.05, 0) is 42.6 Å². The van der Waals surface area contributed by atoms with Crippen LogP contribution in [0.15, 0.2) is 30.3 Å². The first kappa shape index (κ1) is 14.1. The molecule has 2 amide bonds. The van der Waals surface area contributed by atoms with Crippen molar-refractivity contribution < 1.29 is 9.59 Å². The van der Waals surface area contributed by atoms with E-state index < -0.39 is 0 Å². The Morgan fingerprint density at radius 1 is 1.00 bits per heavy atom. The molecule has 0 saturated heterocycles. The van der Waals surface area contributed by atoms with Gasteiger partial charge in [0.05, 0.1) is 6.42 Å². The number of hydrogen-bond donors (Lipinski definition) is 2. The fourth-order valence-corrected chi connectivity index (χ4v) is 3.88. The molecule has 2 aliphatic carbocycles. The highest BCUT2D eigenvalue weighted by molar-refractivity contribution is 5.83. The number of benzene rings is 1. The molecule has 21 heavy (non-hydrogen) atoms. The van der Waals surface area contributed by atoms with E-state index in [1.807, 2.05) is 30.3 Å². The monoisotopic (exact) mass is 286 g/mol. The molecular weight excluding hydrogens is 264 g/mol.